The SMILES string of the molecule is CCCNc1ncc(Cl)c(Oc2ccc(C(C)C)cc2)n1. The number of anilines is 1. The molecule has 2 aromatic rings. The number of nitrogens with one attached hydrogen (secondary N) is 1. The van der Waals surface area contributed by atoms with Gasteiger partial charge in [-0.25, -0.2) is 4.98 Å². The Hall–Kier alpha value is -1.81. The minimum atomic E-state index is 0.363. The van der Waals surface area contributed by atoms with Crippen molar-refractivity contribution in [2.45, 2.75) is 33.1 Å². The zero-order valence-electron chi connectivity index (χ0n) is 12.6. The van der Waals surface area contributed by atoms with Gasteiger partial charge in [-0.15, -0.1) is 0 Å². The number of nitrogens with zero attached hydrogens (tertiary/aromatic N) is 2. The number of hydrogen-bond acceptors (Lipinski definition) is 4. The van der Waals surface area contributed by atoms with Crippen LogP contribution in [-0.4, -0.2) is 16.5 Å². The second kappa shape index (κ2) is 7.27. The normalized spacial score (nSPS) is 10.7. The number of hydrogen-bond donors (Lipinski definition) is 1. The molecule has 112 valence electrons. The van der Waals surface area contributed by atoms with Crippen LogP contribution in [0.15, 0.2) is 30.5 Å². The number of halogens is 1. The highest BCUT2D eigenvalue weighted by Crippen LogP contribution is 2.28. The van der Waals surface area contributed by atoms with Gasteiger partial charge in [0.25, 0.3) is 0 Å². The third kappa shape index (κ3) is 4.33. The third-order valence-electron chi connectivity index (χ3n) is 3.01. The fourth-order valence-electron chi connectivity index (χ4n) is 1.78. The highest BCUT2D eigenvalue weighted by molar-refractivity contribution is 6.31. The Balaban J connectivity index is 2.14. The maximum absolute atomic E-state index is 6.08. The van der Waals surface area contributed by atoms with Crippen LogP contribution in [0.1, 0.15) is 38.7 Å². The molecule has 0 bridgehead atoms. The van der Waals surface area contributed by atoms with E-state index in [0.29, 0.717) is 28.5 Å². The van der Waals surface area contributed by atoms with Crippen molar-refractivity contribution in [3.05, 3.63) is 41.0 Å². The van der Waals surface area contributed by atoms with Gasteiger partial charge in [0.05, 0.1) is 6.20 Å². The quantitative estimate of drug-likeness (QED) is 0.827. The first-order valence-corrected chi connectivity index (χ1v) is 7.52. The molecule has 0 amide bonds. The summed E-state index contributed by atoms with van der Waals surface area (Å²) in [7, 11) is 0. The fraction of sp³-hybridized carbons (Fsp3) is 0.375. The van der Waals surface area contributed by atoms with Crippen molar-refractivity contribution in [2.24, 2.45) is 0 Å². The van der Waals surface area contributed by atoms with Gasteiger partial charge in [-0.1, -0.05) is 44.5 Å². The lowest BCUT2D eigenvalue weighted by Crippen LogP contribution is -2.04. The summed E-state index contributed by atoms with van der Waals surface area (Å²) in [6.45, 7) is 7.20. The van der Waals surface area contributed by atoms with E-state index >= 15 is 0 Å². The van der Waals surface area contributed by atoms with Crippen molar-refractivity contribution < 1.29 is 4.74 Å². The lowest BCUT2D eigenvalue weighted by molar-refractivity contribution is 0.462. The number of rotatable bonds is 6. The van der Waals surface area contributed by atoms with Crippen molar-refractivity contribution in [3.8, 4) is 11.6 Å². The molecule has 1 N–H and O–H groups in total. The second-order valence-electron chi connectivity index (χ2n) is 5.10. The summed E-state index contributed by atoms with van der Waals surface area (Å²) in [6, 6.07) is 7.94. The first-order valence-electron chi connectivity index (χ1n) is 7.14. The molecule has 0 aliphatic heterocycles. The average Bonchev–Trinajstić information content (AvgIpc) is 2.48. The van der Waals surface area contributed by atoms with Gasteiger partial charge >= 0.3 is 0 Å². The zero-order chi connectivity index (χ0) is 15.2. The van der Waals surface area contributed by atoms with Crippen LogP contribution in [0.5, 0.6) is 11.6 Å². The molecular formula is C16H20ClN3O. The molecule has 1 aromatic carbocycles. The second-order valence-corrected chi connectivity index (χ2v) is 5.51. The van der Waals surface area contributed by atoms with E-state index in [9.17, 15) is 0 Å². The summed E-state index contributed by atoms with van der Waals surface area (Å²) < 4.78 is 5.74. The highest BCUT2D eigenvalue weighted by atomic mass is 35.5. The van der Waals surface area contributed by atoms with Crippen molar-refractivity contribution in [3.63, 3.8) is 0 Å². The van der Waals surface area contributed by atoms with Crippen LogP contribution in [0, 0.1) is 0 Å². The Bertz CT molecular complexity index is 585. The van der Waals surface area contributed by atoms with Crippen LogP contribution < -0.4 is 10.1 Å². The van der Waals surface area contributed by atoms with Crippen LogP contribution in [0.4, 0.5) is 5.95 Å². The van der Waals surface area contributed by atoms with E-state index in [0.717, 1.165) is 13.0 Å². The molecule has 0 radical (unpaired) electrons. The van der Waals surface area contributed by atoms with Crippen molar-refractivity contribution in [2.75, 3.05) is 11.9 Å². The minimum Gasteiger partial charge on any atom is -0.437 e. The zero-order valence-corrected chi connectivity index (χ0v) is 13.3. The van der Waals surface area contributed by atoms with E-state index in [1.54, 1.807) is 6.20 Å². The molecule has 21 heavy (non-hydrogen) atoms. The Kier molecular flexibility index (Phi) is 5.39. The van der Waals surface area contributed by atoms with Crippen molar-refractivity contribution >= 4 is 17.5 Å². The van der Waals surface area contributed by atoms with Crippen molar-refractivity contribution in [1.82, 2.24) is 9.97 Å². The Morgan fingerprint density at radius 1 is 1.24 bits per heavy atom. The van der Waals surface area contributed by atoms with E-state index < -0.39 is 0 Å². The maximum Gasteiger partial charge on any atom is 0.243 e. The van der Waals surface area contributed by atoms with Gasteiger partial charge in [0.2, 0.25) is 11.8 Å². The molecule has 0 unspecified atom stereocenters. The molecule has 1 heterocycles. The summed E-state index contributed by atoms with van der Waals surface area (Å²) in [5, 5.41) is 3.50. The van der Waals surface area contributed by atoms with E-state index in [2.05, 4.69) is 36.1 Å². The molecule has 0 aliphatic rings. The van der Waals surface area contributed by atoms with Crippen LogP contribution in [-0.2, 0) is 0 Å². The molecule has 0 aliphatic carbocycles. The van der Waals surface area contributed by atoms with Crippen LogP contribution >= 0.6 is 11.6 Å². The predicted octanol–water partition coefficient (Wildman–Crippen LogP) is 4.87. The largest absolute Gasteiger partial charge is 0.437 e. The van der Waals surface area contributed by atoms with Gasteiger partial charge in [0, 0.05) is 6.54 Å². The average molecular weight is 306 g/mol. The topological polar surface area (TPSA) is 47.0 Å². The number of aromatic nitrogens is 2. The lowest BCUT2D eigenvalue weighted by atomic mass is 10.0. The van der Waals surface area contributed by atoms with Gasteiger partial charge in [0.15, 0.2) is 0 Å². The van der Waals surface area contributed by atoms with Crippen LogP contribution in [0.25, 0.3) is 0 Å². The Morgan fingerprint density at radius 3 is 2.57 bits per heavy atom. The molecular weight excluding hydrogens is 286 g/mol. The molecule has 1 aromatic heterocycles. The fourth-order valence-corrected chi connectivity index (χ4v) is 1.91. The maximum atomic E-state index is 6.08. The van der Waals surface area contributed by atoms with E-state index in [1.165, 1.54) is 5.56 Å². The van der Waals surface area contributed by atoms with Crippen LogP contribution in [0.3, 0.4) is 0 Å². The lowest BCUT2D eigenvalue weighted by Gasteiger charge is -2.10. The summed E-state index contributed by atoms with van der Waals surface area (Å²) >= 11 is 6.08. The van der Waals surface area contributed by atoms with Gasteiger partial charge < -0.3 is 10.1 Å². The third-order valence-corrected chi connectivity index (χ3v) is 3.27. The molecule has 0 saturated heterocycles. The number of ether oxygens (including phenoxy) is 1. The minimum absolute atomic E-state index is 0.363. The predicted molar refractivity (Wildman–Crippen MR) is 86.4 cm³/mol. The molecule has 0 atom stereocenters. The molecule has 5 heteroatoms. The molecule has 4 nitrogen and oxygen atoms in total. The standard InChI is InChI=1S/C16H20ClN3O/c1-4-9-18-16-19-10-14(17)15(20-16)21-13-7-5-12(6-8-13)11(2)3/h5-8,10-11H,4,9H2,1-3H3,(H,18,19,20). The van der Waals surface area contributed by atoms with Gasteiger partial charge in [-0.3, -0.25) is 0 Å². The Morgan fingerprint density at radius 2 is 1.95 bits per heavy atom. The summed E-state index contributed by atoms with van der Waals surface area (Å²) in [5.74, 6) is 2.09. The van der Waals surface area contributed by atoms with Gasteiger partial charge in [0.1, 0.15) is 10.8 Å². The summed E-state index contributed by atoms with van der Waals surface area (Å²) in [4.78, 5) is 8.41. The Labute approximate surface area is 130 Å². The summed E-state index contributed by atoms with van der Waals surface area (Å²) in [5.41, 5.74) is 1.27. The number of benzene rings is 1. The van der Waals surface area contributed by atoms with E-state index in [-0.39, 0.29) is 0 Å². The van der Waals surface area contributed by atoms with Gasteiger partial charge in [-0.05, 0) is 30.0 Å². The van der Waals surface area contributed by atoms with Gasteiger partial charge in [-0.2, -0.15) is 4.98 Å². The molecule has 0 saturated carbocycles. The monoisotopic (exact) mass is 305 g/mol. The van der Waals surface area contributed by atoms with E-state index in [1.807, 2.05) is 24.3 Å². The summed E-state index contributed by atoms with van der Waals surface area (Å²) in [6.07, 6.45) is 2.54. The smallest absolute Gasteiger partial charge is 0.243 e. The van der Waals surface area contributed by atoms with Crippen LogP contribution in [0.2, 0.25) is 5.02 Å². The highest BCUT2D eigenvalue weighted by Gasteiger charge is 2.08. The first-order chi connectivity index (χ1) is 10.1. The molecule has 0 fully saturated rings. The van der Waals surface area contributed by atoms with E-state index in [4.69, 9.17) is 16.3 Å². The van der Waals surface area contributed by atoms with Crippen molar-refractivity contribution in [1.29, 1.82) is 0 Å². The first kappa shape index (κ1) is 15.6. The molecule has 2 rings (SSSR count). The molecule has 0 spiro atoms.